The Kier molecular flexibility index (Phi) is 6.61. The lowest BCUT2D eigenvalue weighted by atomic mass is 10.2. The van der Waals surface area contributed by atoms with Crippen LogP contribution in [0.5, 0.6) is 0 Å². The van der Waals surface area contributed by atoms with Crippen LogP contribution in [0, 0.1) is 0 Å². The summed E-state index contributed by atoms with van der Waals surface area (Å²) in [5.41, 5.74) is 6.24. The summed E-state index contributed by atoms with van der Waals surface area (Å²) in [5.74, 6) is -1.09. The molecular formula is C11H15Cl3NO3P. The second kappa shape index (κ2) is 7.28. The Morgan fingerprint density at radius 2 is 1.63 bits per heavy atom. The van der Waals surface area contributed by atoms with E-state index in [4.69, 9.17) is 49.6 Å². The first-order chi connectivity index (χ1) is 8.87. The van der Waals surface area contributed by atoms with Crippen LogP contribution in [0.1, 0.15) is 25.2 Å². The molecule has 1 atom stereocenters. The van der Waals surface area contributed by atoms with E-state index < -0.39 is 13.4 Å². The Morgan fingerprint density at radius 1 is 1.16 bits per heavy atom. The molecule has 0 amide bonds. The Labute approximate surface area is 127 Å². The third-order valence-electron chi connectivity index (χ3n) is 2.33. The van der Waals surface area contributed by atoms with E-state index in [-0.39, 0.29) is 33.8 Å². The maximum atomic E-state index is 12.6. The van der Waals surface area contributed by atoms with Gasteiger partial charge in [-0.25, -0.2) is 0 Å². The van der Waals surface area contributed by atoms with Gasteiger partial charge in [-0.3, -0.25) is 4.57 Å². The third-order valence-corrected chi connectivity index (χ3v) is 5.66. The molecule has 0 radical (unpaired) electrons. The smallest absolute Gasteiger partial charge is 0.314 e. The van der Waals surface area contributed by atoms with E-state index in [0.29, 0.717) is 0 Å². The van der Waals surface area contributed by atoms with E-state index in [9.17, 15) is 4.57 Å². The minimum Gasteiger partial charge on any atom is -0.314 e. The van der Waals surface area contributed by atoms with Gasteiger partial charge in [-0.1, -0.05) is 34.8 Å². The van der Waals surface area contributed by atoms with Gasteiger partial charge in [0.05, 0.1) is 23.3 Å². The Balaban J connectivity index is 3.28. The van der Waals surface area contributed by atoms with Crippen molar-refractivity contribution in [2.45, 2.75) is 19.6 Å². The number of hydrogen-bond donors (Lipinski definition) is 1. The van der Waals surface area contributed by atoms with E-state index in [1.807, 2.05) is 0 Å². The van der Waals surface area contributed by atoms with Gasteiger partial charge >= 0.3 is 7.60 Å². The lowest BCUT2D eigenvalue weighted by molar-refractivity contribution is 0.212. The lowest BCUT2D eigenvalue weighted by Crippen LogP contribution is -2.16. The summed E-state index contributed by atoms with van der Waals surface area (Å²) in [4.78, 5) is 0. The fraction of sp³-hybridized carbons (Fsp3) is 0.455. The first-order valence-corrected chi connectivity index (χ1v) is 8.39. The zero-order chi connectivity index (χ0) is 14.6. The van der Waals surface area contributed by atoms with Crippen LogP contribution in [0.2, 0.25) is 15.1 Å². The monoisotopic (exact) mass is 345 g/mol. The Morgan fingerprint density at radius 3 is 2.11 bits per heavy atom. The molecule has 0 aromatic heterocycles. The number of halogens is 3. The molecule has 19 heavy (non-hydrogen) atoms. The topological polar surface area (TPSA) is 61.5 Å². The van der Waals surface area contributed by atoms with Crippen LogP contribution in [0.15, 0.2) is 12.1 Å². The van der Waals surface area contributed by atoms with E-state index >= 15 is 0 Å². The maximum Gasteiger partial charge on any atom is 0.351 e. The summed E-state index contributed by atoms with van der Waals surface area (Å²) in [6.45, 7) is 3.78. The fourth-order valence-corrected chi connectivity index (χ4v) is 4.15. The second-order valence-corrected chi connectivity index (χ2v) is 6.92. The van der Waals surface area contributed by atoms with E-state index in [2.05, 4.69) is 0 Å². The molecule has 4 nitrogen and oxygen atoms in total. The van der Waals surface area contributed by atoms with Gasteiger partial charge in [-0.2, -0.15) is 0 Å². The molecule has 0 saturated carbocycles. The fourth-order valence-electron chi connectivity index (χ4n) is 1.53. The van der Waals surface area contributed by atoms with Crippen LogP contribution in [0.25, 0.3) is 0 Å². The van der Waals surface area contributed by atoms with Crippen molar-refractivity contribution in [3.63, 3.8) is 0 Å². The zero-order valence-corrected chi connectivity index (χ0v) is 13.7. The van der Waals surface area contributed by atoms with Gasteiger partial charge in [0.25, 0.3) is 0 Å². The molecule has 0 aliphatic rings. The van der Waals surface area contributed by atoms with Gasteiger partial charge < -0.3 is 14.8 Å². The number of rotatable bonds is 6. The quantitative estimate of drug-likeness (QED) is 0.589. The van der Waals surface area contributed by atoms with Crippen molar-refractivity contribution in [1.82, 2.24) is 0 Å². The molecule has 0 saturated heterocycles. The van der Waals surface area contributed by atoms with Gasteiger partial charge in [0, 0.05) is 10.6 Å². The minimum absolute atomic E-state index is 0.154. The normalized spacial score (nSPS) is 13.6. The molecule has 0 bridgehead atoms. The third kappa shape index (κ3) is 3.85. The largest absolute Gasteiger partial charge is 0.351 e. The number of hydrogen-bond acceptors (Lipinski definition) is 4. The summed E-state index contributed by atoms with van der Waals surface area (Å²) in [7, 11) is -3.56. The highest BCUT2D eigenvalue weighted by Gasteiger charge is 2.36. The van der Waals surface area contributed by atoms with Crippen LogP contribution in [-0.4, -0.2) is 13.2 Å². The first-order valence-electron chi connectivity index (χ1n) is 5.65. The molecule has 0 aliphatic carbocycles. The lowest BCUT2D eigenvalue weighted by Gasteiger charge is -2.25. The maximum absolute atomic E-state index is 12.6. The highest BCUT2D eigenvalue weighted by molar-refractivity contribution is 7.54. The SMILES string of the molecule is CCOP(=O)(OCC)[C@H](N)c1c(Cl)ccc(Cl)c1Cl. The molecule has 108 valence electrons. The molecule has 1 aromatic rings. The minimum atomic E-state index is -3.56. The molecule has 0 spiro atoms. The summed E-state index contributed by atoms with van der Waals surface area (Å²) in [6.07, 6.45) is 0. The first kappa shape index (κ1) is 17.3. The molecule has 0 heterocycles. The number of nitrogens with two attached hydrogens (primary N) is 1. The zero-order valence-electron chi connectivity index (χ0n) is 10.5. The van der Waals surface area contributed by atoms with Crippen molar-refractivity contribution in [2.24, 2.45) is 5.73 Å². The summed E-state index contributed by atoms with van der Waals surface area (Å²) >= 11 is 18.0. The van der Waals surface area contributed by atoms with E-state index in [0.717, 1.165) is 0 Å². The van der Waals surface area contributed by atoms with Gasteiger partial charge in [0.15, 0.2) is 0 Å². The van der Waals surface area contributed by atoms with Gasteiger partial charge in [-0.05, 0) is 26.0 Å². The standard InChI is InChI=1S/C11H15Cl3NO3P/c1-3-17-19(16,18-4-2)11(15)9-7(12)5-6-8(13)10(9)14/h5-6,11H,3-4,15H2,1-2H3/t11-/m0/s1. The van der Waals surface area contributed by atoms with E-state index in [1.165, 1.54) is 12.1 Å². The molecule has 0 unspecified atom stereocenters. The molecule has 2 N–H and O–H groups in total. The average Bonchev–Trinajstić information content (AvgIpc) is 2.35. The van der Waals surface area contributed by atoms with Crippen molar-refractivity contribution >= 4 is 42.4 Å². The van der Waals surface area contributed by atoms with Crippen LogP contribution in [0.4, 0.5) is 0 Å². The summed E-state index contributed by atoms with van der Waals surface area (Å²) in [6, 6.07) is 3.07. The molecule has 0 aliphatic heterocycles. The number of benzene rings is 1. The molecule has 0 fully saturated rings. The van der Waals surface area contributed by atoms with Crippen molar-refractivity contribution in [1.29, 1.82) is 0 Å². The highest BCUT2D eigenvalue weighted by Crippen LogP contribution is 2.60. The summed E-state index contributed by atoms with van der Waals surface area (Å²) in [5, 5.41) is 0.693. The molecule has 8 heteroatoms. The van der Waals surface area contributed by atoms with Crippen molar-refractivity contribution in [2.75, 3.05) is 13.2 Å². The second-order valence-electron chi connectivity index (χ2n) is 3.58. The van der Waals surface area contributed by atoms with E-state index in [1.54, 1.807) is 13.8 Å². The van der Waals surface area contributed by atoms with Crippen LogP contribution < -0.4 is 5.73 Å². The Hall–Kier alpha value is 0.200. The molecular weight excluding hydrogens is 331 g/mol. The van der Waals surface area contributed by atoms with Crippen molar-refractivity contribution in [3.8, 4) is 0 Å². The average molecular weight is 347 g/mol. The molecule has 1 rings (SSSR count). The summed E-state index contributed by atoms with van der Waals surface area (Å²) < 4.78 is 23.0. The van der Waals surface area contributed by atoms with Gasteiger partial charge in [-0.15, -0.1) is 0 Å². The van der Waals surface area contributed by atoms with Crippen LogP contribution in [0.3, 0.4) is 0 Å². The highest BCUT2D eigenvalue weighted by atomic mass is 35.5. The molecule has 1 aromatic carbocycles. The Bertz CT molecular complexity index is 488. The predicted octanol–water partition coefficient (Wildman–Crippen LogP) is 4.87. The van der Waals surface area contributed by atoms with Gasteiger partial charge in [0.2, 0.25) is 0 Å². The van der Waals surface area contributed by atoms with Gasteiger partial charge in [0.1, 0.15) is 5.78 Å². The van der Waals surface area contributed by atoms with Crippen molar-refractivity contribution in [3.05, 3.63) is 32.8 Å². The van der Waals surface area contributed by atoms with Crippen LogP contribution >= 0.6 is 42.4 Å². The predicted molar refractivity (Wildman–Crippen MR) is 79.3 cm³/mol. The van der Waals surface area contributed by atoms with Crippen LogP contribution in [-0.2, 0) is 13.6 Å². The van der Waals surface area contributed by atoms with Crippen molar-refractivity contribution < 1.29 is 13.6 Å².